The van der Waals surface area contributed by atoms with E-state index in [9.17, 15) is 0 Å². The fraction of sp³-hybridized carbons (Fsp3) is 1.00. The molecule has 0 aromatic rings. The summed E-state index contributed by atoms with van der Waals surface area (Å²) in [6.45, 7) is 0. The highest BCUT2D eigenvalue weighted by Crippen LogP contribution is 2.81. The first kappa shape index (κ1) is 18.0. The average Bonchev–Trinajstić information content (AvgIpc) is 2.60. The third-order valence-electron chi connectivity index (χ3n) is 4.55. The van der Waals surface area contributed by atoms with Crippen LogP contribution in [0.2, 0.25) is 0 Å². The van der Waals surface area contributed by atoms with E-state index in [1.807, 2.05) is 0 Å². The zero-order valence-corrected chi connectivity index (χ0v) is 16.1. The lowest BCUT2D eigenvalue weighted by Crippen LogP contribution is -2.52. The summed E-state index contributed by atoms with van der Waals surface area (Å²) >= 11 is 56.8. The maximum absolute atomic E-state index is 6.46. The molecule has 2 aliphatic carbocycles. The van der Waals surface area contributed by atoms with Gasteiger partial charge in [0.25, 0.3) is 0 Å². The fourth-order valence-corrected chi connectivity index (χ4v) is 8.62. The Kier molecular flexibility index (Phi) is 5.02. The SMILES string of the molecule is ClCC1(C(Cl)Cl)C2[C@@H](Cl)C(Cl)(Cl)C1(CCl)CC2(Cl)Cl. The first-order valence-corrected chi connectivity index (χ1v) is 9.24. The van der Waals surface area contributed by atoms with Crippen LogP contribution in [-0.4, -0.2) is 30.6 Å². The van der Waals surface area contributed by atoms with Crippen LogP contribution in [0.3, 0.4) is 0 Å². The van der Waals surface area contributed by atoms with Crippen LogP contribution in [0.25, 0.3) is 0 Å². The van der Waals surface area contributed by atoms with E-state index in [0.717, 1.165) is 0 Å². The molecule has 2 bridgehead atoms. The Morgan fingerprint density at radius 2 is 1.53 bits per heavy atom. The lowest BCUT2D eigenvalue weighted by atomic mass is 9.70. The number of fused-ring (bicyclic) bond motifs is 2. The minimum Gasteiger partial charge on any atom is -0.126 e. The van der Waals surface area contributed by atoms with Crippen LogP contribution < -0.4 is 0 Å². The smallest absolute Gasteiger partial charge is 0.126 e. The molecular formula is C10H9Cl9. The quantitative estimate of drug-likeness (QED) is 0.449. The normalized spacial score (nSPS) is 47.1. The van der Waals surface area contributed by atoms with Gasteiger partial charge in [0.1, 0.15) is 13.5 Å². The van der Waals surface area contributed by atoms with E-state index < -0.39 is 35.6 Å². The Bertz CT molecular complexity index is 377. The summed E-state index contributed by atoms with van der Waals surface area (Å²) in [6.07, 6.45) is 0.232. The molecule has 0 aromatic carbocycles. The van der Waals surface area contributed by atoms with Crippen molar-refractivity contribution in [2.75, 3.05) is 11.8 Å². The second-order valence-corrected chi connectivity index (χ2v) is 10.2. The topological polar surface area (TPSA) is 0 Å². The van der Waals surface area contributed by atoms with Crippen molar-refractivity contribution in [3.8, 4) is 0 Å². The predicted octanol–water partition coefficient (Wildman–Crippen LogP) is 6.23. The van der Waals surface area contributed by atoms with E-state index in [1.54, 1.807) is 0 Å². The molecule has 9 heteroatoms. The molecular weight excluding hydrogens is 439 g/mol. The van der Waals surface area contributed by atoms with Crippen molar-refractivity contribution in [2.24, 2.45) is 16.7 Å². The summed E-state index contributed by atoms with van der Waals surface area (Å²) in [5.74, 6) is -0.437. The maximum Gasteiger partial charge on any atom is 0.142 e. The van der Waals surface area contributed by atoms with Crippen LogP contribution in [0.4, 0.5) is 0 Å². The molecule has 2 rings (SSSR count). The summed E-state index contributed by atoms with van der Waals surface area (Å²) in [4.78, 5) is -0.895. The van der Waals surface area contributed by atoms with Gasteiger partial charge in [-0.25, -0.2) is 0 Å². The van der Waals surface area contributed by atoms with Gasteiger partial charge in [0.2, 0.25) is 0 Å². The van der Waals surface area contributed by atoms with Crippen LogP contribution in [0.15, 0.2) is 0 Å². The van der Waals surface area contributed by atoms with Gasteiger partial charge in [-0.05, 0) is 6.42 Å². The summed E-state index contributed by atoms with van der Waals surface area (Å²) in [6, 6.07) is 0. The molecule has 3 unspecified atom stereocenters. The molecule has 0 aliphatic heterocycles. The van der Waals surface area contributed by atoms with Crippen molar-refractivity contribution in [1.82, 2.24) is 0 Å². The molecule has 2 saturated carbocycles. The highest BCUT2D eigenvalue weighted by molar-refractivity contribution is 6.57. The maximum atomic E-state index is 6.46. The Balaban J connectivity index is 2.74. The highest BCUT2D eigenvalue weighted by atomic mass is 35.5. The van der Waals surface area contributed by atoms with Gasteiger partial charge in [-0.3, -0.25) is 0 Å². The zero-order valence-electron chi connectivity index (χ0n) is 9.26. The number of hydrogen-bond donors (Lipinski definition) is 0. The predicted molar refractivity (Wildman–Crippen MR) is 88.4 cm³/mol. The molecule has 0 amide bonds. The third kappa shape index (κ3) is 1.94. The molecule has 19 heavy (non-hydrogen) atoms. The van der Waals surface area contributed by atoms with Crippen LogP contribution >= 0.6 is 104 Å². The first-order valence-electron chi connectivity index (χ1n) is 5.35. The Hall–Kier alpha value is 2.61. The molecule has 0 radical (unpaired) electrons. The Labute approximate surface area is 157 Å². The van der Waals surface area contributed by atoms with Crippen molar-refractivity contribution in [3.05, 3.63) is 0 Å². The van der Waals surface area contributed by atoms with E-state index in [4.69, 9.17) is 104 Å². The lowest BCUT2D eigenvalue weighted by Gasteiger charge is -2.46. The molecule has 0 N–H and O–H groups in total. The minimum absolute atomic E-state index is 0.0591. The van der Waals surface area contributed by atoms with Gasteiger partial charge in [0.05, 0.1) is 5.38 Å². The molecule has 0 spiro atoms. The van der Waals surface area contributed by atoms with Crippen molar-refractivity contribution in [3.63, 3.8) is 0 Å². The summed E-state index contributed by atoms with van der Waals surface area (Å²) in [7, 11) is 0. The number of alkyl halides is 9. The van der Waals surface area contributed by atoms with Crippen LogP contribution in [0, 0.1) is 16.7 Å². The average molecular weight is 448 g/mol. The number of rotatable bonds is 3. The van der Waals surface area contributed by atoms with E-state index in [-0.39, 0.29) is 18.2 Å². The molecule has 0 aromatic heterocycles. The van der Waals surface area contributed by atoms with Gasteiger partial charge in [0.15, 0.2) is 0 Å². The van der Waals surface area contributed by atoms with E-state index >= 15 is 0 Å². The third-order valence-corrected chi connectivity index (χ3v) is 8.97. The number of hydrogen-bond acceptors (Lipinski definition) is 0. The van der Waals surface area contributed by atoms with Gasteiger partial charge in [0, 0.05) is 28.5 Å². The minimum atomic E-state index is -1.36. The Morgan fingerprint density at radius 1 is 1.00 bits per heavy atom. The largest absolute Gasteiger partial charge is 0.142 e. The van der Waals surface area contributed by atoms with Crippen LogP contribution in [0.5, 0.6) is 0 Å². The molecule has 0 heterocycles. The molecule has 2 fully saturated rings. The molecule has 2 aliphatic rings. The van der Waals surface area contributed by atoms with E-state index in [2.05, 4.69) is 0 Å². The standard InChI is InChI=1S/C10H9Cl9/c11-2-7-1-9(16,17)4(5(13)10(7,18)19)8(7,3-12)6(14)15/h4-6H,1-3H2/t4?,5-,7?,8?/m1/s1. The van der Waals surface area contributed by atoms with Crippen molar-refractivity contribution < 1.29 is 0 Å². The fourth-order valence-electron chi connectivity index (χ4n) is 3.60. The van der Waals surface area contributed by atoms with Gasteiger partial charge >= 0.3 is 0 Å². The van der Waals surface area contributed by atoms with E-state index in [1.165, 1.54) is 0 Å². The van der Waals surface area contributed by atoms with E-state index in [0.29, 0.717) is 0 Å². The molecule has 4 atom stereocenters. The highest BCUT2D eigenvalue weighted by Gasteiger charge is 2.85. The molecule has 0 saturated heterocycles. The number of halogens is 9. The van der Waals surface area contributed by atoms with Crippen molar-refractivity contribution in [2.45, 2.75) is 25.3 Å². The monoisotopic (exact) mass is 444 g/mol. The van der Waals surface area contributed by atoms with Gasteiger partial charge < -0.3 is 0 Å². The first-order chi connectivity index (χ1) is 8.55. The van der Waals surface area contributed by atoms with Crippen LogP contribution in [-0.2, 0) is 0 Å². The van der Waals surface area contributed by atoms with Gasteiger partial charge in [-0.2, -0.15) is 0 Å². The summed E-state index contributed by atoms with van der Waals surface area (Å²) in [5, 5.41) is -0.753. The van der Waals surface area contributed by atoms with Crippen LogP contribution in [0.1, 0.15) is 6.42 Å². The van der Waals surface area contributed by atoms with Crippen molar-refractivity contribution in [1.29, 1.82) is 0 Å². The van der Waals surface area contributed by atoms with Gasteiger partial charge in [-0.1, -0.05) is 23.2 Å². The van der Waals surface area contributed by atoms with Gasteiger partial charge in [-0.15, -0.1) is 81.2 Å². The second kappa shape index (κ2) is 5.32. The van der Waals surface area contributed by atoms with Crippen molar-refractivity contribution >= 4 is 104 Å². The summed E-state index contributed by atoms with van der Waals surface area (Å²) < 4.78 is -2.53. The zero-order chi connectivity index (χ0) is 14.9. The second-order valence-electron chi connectivity index (χ2n) is 5.13. The molecule has 0 nitrogen and oxygen atoms in total. The Morgan fingerprint density at radius 3 is 1.84 bits per heavy atom. The summed E-state index contributed by atoms with van der Waals surface area (Å²) in [5.41, 5.74) is -1.90. The lowest BCUT2D eigenvalue weighted by molar-refractivity contribution is 0.146. The molecule has 112 valence electrons.